The lowest BCUT2D eigenvalue weighted by Crippen LogP contribution is -2.30. The first-order chi connectivity index (χ1) is 6.43. The summed E-state index contributed by atoms with van der Waals surface area (Å²) in [5.41, 5.74) is 1.27. The van der Waals surface area contributed by atoms with Gasteiger partial charge in [0, 0.05) is 19.8 Å². The molecule has 0 amide bonds. The van der Waals surface area contributed by atoms with E-state index in [1.54, 1.807) is 0 Å². The van der Waals surface area contributed by atoms with Gasteiger partial charge in [0.25, 0.3) is 0 Å². The summed E-state index contributed by atoms with van der Waals surface area (Å²) in [6.07, 6.45) is 0. The van der Waals surface area contributed by atoms with Gasteiger partial charge in [-0.15, -0.1) is 0 Å². The Morgan fingerprint density at radius 2 is 1.85 bits per heavy atom. The van der Waals surface area contributed by atoms with Crippen molar-refractivity contribution in [3.05, 3.63) is 35.9 Å². The van der Waals surface area contributed by atoms with Gasteiger partial charge in [-0.25, -0.2) is 0 Å². The van der Waals surface area contributed by atoms with E-state index in [-0.39, 0.29) is 6.61 Å². The molecule has 0 bridgehead atoms. The second-order valence-electron chi connectivity index (χ2n) is 2.81. The molecule has 3 N–H and O–H groups in total. The summed E-state index contributed by atoms with van der Waals surface area (Å²) in [5.74, 6) is 0. The lowest BCUT2D eigenvalue weighted by Gasteiger charge is -2.05. The highest BCUT2D eigenvalue weighted by molar-refractivity contribution is 5.14. The molecule has 0 unspecified atom stereocenters. The van der Waals surface area contributed by atoms with Gasteiger partial charge in [0.05, 0.1) is 6.61 Å². The largest absolute Gasteiger partial charge is 0.395 e. The van der Waals surface area contributed by atoms with Crippen LogP contribution in [0.5, 0.6) is 0 Å². The van der Waals surface area contributed by atoms with Gasteiger partial charge in [-0.2, -0.15) is 0 Å². The van der Waals surface area contributed by atoms with Crippen molar-refractivity contribution >= 4 is 0 Å². The predicted molar refractivity (Wildman–Crippen MR) is 53.2 cm³/mol. The molecule has 0 aliphatic carbocycles. The van der Waals surface area contributed by atoms with Gasteiger partial charge in [0.1, 0.15) is 0 Å². The van der Waals surface area contributed by atoms with Gasteiger partial charge in [-0.3, -0.25) is 0 Å². The standard InChI is InChI=1S/C10H16N2O/c13-7-6-11-9-12-8-10-4-2-1-3-5-10/h1-5,11-13H,6-9H2. The zero-order chi connectivity index (χ0) is 9.36. The maximum Gasteiger partial charge on any atom is 0.0556 e. The second kappa shape index (κ2) is 6.60. The van der Waals surface area contributed by atoms with E-state index in [9.17, 15) is 0 Å². The van der Waals surface area contributed by atoms with Gasteiger partial charge >= 0.3 is 0 Å². The molecule has 0 aromatic heterocycles. The first kappa shape index (κ1) is 10.2. The summed E-state index contributed by atoms with van der Waals surface area (Å²) in [4.78, 5) is 0. The van der Waals surface area contributed by atoms with Crippen molar-refractivity contribution < 1.29 is 5.11 Å². The Labute approximate surface area is 78.8 Å². The molecule has 0 aliphatic rings. The van der Waals surface area contributed by atoms with E-state index < -0.39 is 0 Å². The summed E-state index contributed by atoms with van der Waals surface area (Å²) in [7, 11) is 0. The molecule has 0 heterocycles. The number of hydrogen-bond donors (Lipinski definition) is 3. The van der Waals surface area contributed by atoms with E-state index in [4.69, 9.17) is 5.11 Å². The number of aliphatic hydroxyl groups is 1. The number of rotatable bonds is 6. The molecule has 0 fully saturated rings. The molecule has 0 spiro atoms. The fourth-order valence-electron chi connectivity index (χ4n) is 1.06. The maximum absolute atomic E-state index is 8.49. The molecule has 13 heavy (non-hydrogen) atoms. The Hall–Kier alpha value is -0.900. The summed E-state index contributed by atoms with van der Waals surface area (Å²) in [6, 6.07) is 10.2. The molecule has 0 aliphatic heterocycles. The van der Waals surface area contributed by atoms with Crippen molar-refractivity contribution in [2.24, 2.45) is 0 Å². The Balaban J connectivity index is 2.07. The number of aliphatic hydroxyl groups excluding tert-OH is 1. The quantitative estimate of drug-likeness (QED) is 0.436. The smallest absolute Gasteiger partial charge is 0.0556 e. The van der Waals surface area contributed by atoms with E-state index in [1.165, 1.54) is 5.56 Å². The van der Waals surface area contributed by atoms with Crippen LogP contribution in [0.3, 0.4) is 0 Å². The van der Waals surface area contributed by atoms with Crippen molar-refractivity contribution in [3.8, 4) is 0 Å². The maximum atomic E-state index is 8.49. The first-order valence-corrected chi connectivity index (χ1v) is 4.49. The van der Waals surface area contributed by atoms with Crippen molar-refractivity contribution in [2.75, 3.05) is 19.8 Å². The SMILES string of the molecule is OCCNCNCc1ccccc1. The first-order valence-electron chi connectivity index (χ1n) is 4.49. The molecule has 3 heteroatoms. The zero-order valence-electron chi connectivity index (χ0n) is 7.66. The fraction of sp³-hybridized carbons (Fsp3) is 0.400. The summed E-state index contributed by atoms with van der Waals surface area (Å²) < 4.78 is 0. The van der Waals surface area contributed by atoms with Gasteiger partial charge in [0.2, 0.25) is 0 Å². The van der Waals surface area contributed by atoms with Gasteiger partial charge in [-0.05, 0) is 5.56 Å². The minimum absolute atomic E-state index is 0.188. The molecule has 72 valence electrons. The van der Waals surface area contributed by atoms with Crippen LogP contribution in [0.4, 0.5) is 0 Å². The third-order valence-electron chi connectivity index (χ3n) is 1.71. The molecule has 1 aromatic carbocycles. The van der Waals surface area contributed by atoms with E-state index in [2.05, 4.69) is 22.8 Å². The van der Waals surface area contributed by atoms with E-state index in [1.807, 2.05) is 18.2 Å². The molecular formula is C10H16N2O. The molecule has 0 atom stereocenters. The monoisotopic (exact) mass is 180 g/mol. The van der Waals surface area contributed by atoms with Gasteiger partial charge in [0.15, 0.2) is 0 Å². The normalized spacial score (nSPS) is 10.2. The van der Waals surface area contributed by atoms with Crippen LogP contribution in [0.25, 0.3) is 0 Å². The van der Waals surface area contributed by atoms with Crippen LogP contribution in [0.1, 0.15) is 5.56 Å². The molecule has 1 aromatic rings. The predicted octanol–water partition coefficient (Wildman–Crippen LogP) is 0.316. The fourth-order valence-corrected chi connectivity index (χ4v) is 1.06. The lowest BCUT2D eigenvalue weighted by molar-refractivity contribution is 0.290. The van der Waals surface area contributed by atoms with E-state index in [0.29, 0.717) is 6.54 Å². The Bertz CT molecular complexity index is 213. The molecular weight excluding hydrogens is 164 g/mol. The van der Waals surface area contributed by atoms with Crippen LogP contribution >= 0.6 is 0 Å². The third-order valence-corrected chi connectivity index (χ3v) is 1.71. The molecule has 0 saturated carbocycles. The second-order valence-corrected chi connectivity index (χ2v) is 2.81. The van der Waals surface area contributed by atoms with Gasteiger partial charge < -0.3 is 15.7 Å². The van der Waals surface area contributed by atoms with Crippen molar-refractivity contribution in [2.45, 2.75) is 6.54 Å². The average molecular weight is 180 g/mol. The molecule has 3 nitrogen and oxygen atoms in total. The van der Waals surface area contributed by atoms with Gasteiger partial charge in [-0.1, -0.05) is 30.3 Å². The molecule has 1 rings (SSSR count). The summed E-state index contributed by atoms with van der Waals surface area (Å²) >= 11 is 0. The van der Waals surface area contributed by atoms with Crippen LogP contribution in [0.15, 0.2) is 30.3 Å². The number of nitrogens with one attached hydrogen (secondary N) is 2. The van der Waals surface area contributed by atoms with Crippen LogP contribution in [0.2, 0.25) is 0 Å². The minimum Gasteiger partial charge on any atom is -0.395 e. The zero-order valence-corrected chi connectivity index (χ0v) is 7.66. The number of benzene rings is 1. The Morgan fingerprint density at radius 3 is 2.54 bits per heavy atom. The van der Waals surface area contributed by atoms with Crippen molar-refractivity contribution in [1.29, 1.82) is 0 Å². The highest BCUT2D eigenvalue weighted by Gasteiger charge is 1.88. The van der Waals surface area contributed by atoms with E-state index >= 15 is 0 Å². The Morgan fingerprint density at radius 1 is 1.08 bits per heavy atom. The molecule has 0 saturated heterocycles. The van der Waals surface area contributed by atoms with Crippen molar-refractivity contribution in [1.82, 2.24) is 10.6 Å². The minimum atomic E-state index is 0.188. The highest BCUT2D eigenvalue weighted by Crippen LogP contribution is 1.96. The van der Waals surface area contributed by atoms with E-state index in [0.717, 1.165) is 13.2 Å². The van der Waals surface area contributed by atoms with Crippen LogP contribution < -0.4 is 10.6 Å². The molecule has 0 radical (unpaired) electrons. The number of hydrogen-bond acceptors (Lipinski definition) is 3. The van der Waals surface area contributed by atoms with Crippen LogP contribution in [0, 0.1) is 0 Å². The summed E-state index contributed by atoms with van der Waals surface area (Å²) in [5, 5.41) is 14.8. The highest BCUT2D eigenvalue weighted by atomic mass is 16.3. The topological polar surface area (TPSA) is 44.3 Å². The van der Waals surface area contributed by atoms with Crippen LogP contribution in [-0.2, 0) is 6.54 Å². The lowest BCUT2D eigenvalue weighted by atomic mass is 10.2. The Kier molecular flexibility index (Phi) is 5.17. The van der Waals surface area contributed by atoms with Crippen LogP contribution in [-0.4, -0.2) is 24.9 Å². The average Bonchev–Trinajstić information content (AvgIpc) is 2.19. The third kappa shape index (κ3) is 4.62. The van der Waals surface area contributed by atoms with Crippen molar-refractivity contribution in [3.63, 3.8) is 0 Å². The summed E-state index contributed by atoms with van der Waals surface area (Å²) in [6.45, 7) is 2.42.